The van der Waals surface area contributed by atoms with Gasteiger partial charge in [0.15, 0.2) is 0 Å². The van der Waals surface area contributed by atoms with Crippen molar-refractivity contribution in [1.82, 2.24) is 0 Å². The first-order valence-corrected chi connectivity index (χ1v) is 6.97. The Balaban J connectivity index is 1.66. The van der Waals surface area contributed by atoms with E-state index in [-0.39, 0.29) is 11.9 Å². The van der Waals surface area contributed by atoms with E-state index in [0.29, 0.717) is 18.7 Å². The smallest absolute Gasteiger partial charge is 0.137 e. The third-order valence-electron chi connectivity index (χ3n) is 3.75. The van der Waals surface area contributed by atoms with E-state index in [2.05, 4.69) is 0 Å². The van der Waals surface area contributed by atoms with Gasteiger partial charge in [-0.3, -0.25) is 0 Å². The molecule has 1 atom stereocenters. The fourth-order valence-electron chi connectivity index (χ4n) is 2.57. The molecule has 0 radical (unpaired) electrons. The van der Waals surface area contributed by atoms with E-state index in [4.69, 9.17) is 15.2 Å². The summed E-state index contributed by atoms with van der Waals surface area (Å²) in [5, 5.41) is 0. The summed E-state index contributed by atoms with van der Waals surface area (Å²) in [5.41, 5.74) is 9.60. The van der Waals surface area contributed by atoms with Crippen molar-refractivity contribution >= 4 is 5.69 Å². The molecule has 1 aliphatic heterocycles. The normalized spacial score (nSPS) is 16.4. The van der Waals surface area contributed by atoms with Crippen molar-refractivity contribution in [3.8, 4) is 11.5 Å². The summed E-state index contributed by atoms with van der Waals surface area (Å²) < 4.78 is 24.7. The van der Waals surface area contributed by atoms with Crippen LogP contribution in [0.3, 0.4) is 0 Å². The van der Waals surface area contributed by atoms with Crippen LogP contribution < -0.4 is 15.2 Å². The van der Waals surface area contributed by atoms with E-state index in [0.717, 1.165) is 28.2 Å². The molecule has 0 fully saturated rings. The minimum atomic E-state index is -0.235. The Kier molecular flexibility index (Phi) is 3.45. The number of rotatable bonds is 3. The van der Waals surface area contributed by atoms with Crippen LogP contribution in [0.4, 0.5) is 10.1 Å². The molecule has 21 heavy (non-hydrogen) atoms. The first kappa shape index (κ1) is 13.7. The highest BCUT2D eigenvalue weighted by molar-refractivity contribution is 5.54. The van der Waals surface area contributed by atoms with Crippen LogP contribution >= 0.6 is 0 Å². The molecule has 1 heterocycles. The molecule has 1 unspecified atom stereocenters. The van der Waals surface area contributed by atoms with E-state index in [9.17, 15) is 4.39 Å². The van der Waals surface area contributed by atoms with Crippen molar-refractivity contribution in [3.63, 3.8) is 0 Å². The fourth-order valence-corrected chi connectivity index (χ4v) is 2.57. The fraction of sp³-hybridized carbons (Fsp3) is 0.294. The summed E-state index contributed by atoms with van der Waals surface area (Å²) >= 11 is 0. The van der Waals surface area contributed by atoms with Crippen LogP contribution in [0.1, 0.15) is 16.7 Å². The Labute approximate surface area is 123 Å². The second-order valence-corrected chi connectivity index (χ2v) is 5.48. The lowest BCUT2D eigenvalue weighted by molar-refractivity contribution is 0.148. The largest absolute Gasteiger partial charge is 0.489 e. The van der Waals surface area contributed by atoms with Gasteiger partial charge in [0.05, 0.1) is 0 Å². The predicted octanol–water partition coefficient (Wildman–Crippen LogP) is 3.41. The lowest BCUT2D eigenvalue weighted by atomic mass is 10.1. The molecular weight excluding hydrogens is 269 g/mol. The molecule has 2 aromatic carbocycles. The molecule has 110 valence electrons. The summed E-state index contributed by atoms with van der Waals surface area (Å²) in [4.78, 5) is 0. The predicted molar refractivity (Wildman–Crippen MR) is 80.3 cm³/mol. The zero-order valence-electron chi connectivity index (χ0n) is 12.2. The molecule has 0 spiro atoms. The van der Waals surface area contributed by atoms with Gasteiger partial charge >= 0.3 is 0 Å². The summed E-state index contributed by atoms with van der Waals surface area (Å²) in [6.45, 7) is 4.37. The Bertz CT molecular complexity index is 685. The zero-order chi connectivity index (χ0) is 15.0. The molecule has 0 aliphatic carbocycles. The first-order chi connectivity index (χ1) is 10.0. The molecule has 2 N–H and O–H groups in total. The van der Waals surface area contributed by atoms with Crippen molar-refractivity contribution < 1.29 is 13.9 Å². The van der Waals surface area contributed by atoms with Crippen molar-refractivity contribution in [2.75, 3.05) is 12.3 Å². The van der Waals surface area contributed by atoms with Crippen molar-refractivity contribution in [2.24, 2.45) is 0 Å². The van der Waals surface area contributed by atoms with Crippen molar-refractivity contribution in [3.05, 3.63) is 52.8 Å². The molecule has 0 bridgehead atoms. The van der Waals surface area contributed by atoms with Gasteiger partial charge in [-0.2, -0.15) is 0 Å². The monoisotopic (exact) mass is 287 g/mol. The number of halogens is 1. The SMILES string of the molecule is Cc1cc(C)c(OCC2Cc3cc(F)ccc3O2)cc1N. The molecule has 1 aliphatic rings. The molecular formula is C17H18FNO2. The highest BCUT2D eigenvalue weighted by Crippen LogP contribution is 2.30. The quantitative estimate of drug-likeness (QED) is 0.880. The van der Waals surface area contributed by atoms with Crippen LogP contribution in [0.25, 0.3) is 0 Å². The summed E-state index contributed by atoms with van der Waals surface area (Å²) in [5.74, 6) is 1.27. The lowest BCUT2D eigenvalue weighted by Gasteiger charge is -2.15. The zero-order valence-corrected chi connectivity index (χ0v) is 12.2. The van der Waals surface area contributed by atoms with Gasteiger partial charge in [-0.25, -0.2) is 4.39 Å². The van der Waals surface area contributed by atoms with Crippen LogP contribution in [0, 0.1) is 19.7 Å². The van der Waals surface area contributed by atoms with Gasteiger partial charge in [-0.15, -0.1) is 0 Å². The molecule has 2 aromatic rings. The number of hydrogen-bond acceptors (Lipinski definition) is 3. The van der Waals surface area contributed by atoms with E-state index in [1.807, 2.05) is 26.0 Å². The minimum absolute atomic E-state index is 0.0938. The molecule has 0 saturated heterocycles. The number of fused-ring (bicyclic) bond motifs is 1. The molecule has 4 heteroatoms. The van der Waals surface area contributed by atoms with E-state index >= 15 is 0 Å². The van der Waals surface area contributed by atoms with Gasteiger partial charge in [0.2, 0.25) is 0 Å². The second kappa shape index (κ2) is 5.28. The average molecular weight is 287 g/mol. The highest BCUT2D eigenvalue weighted by atomic mass is 19.1. The maximum absolute atomic E-state index is 13.2. The Hall–Kier alpha value is -2.23. The average Bonchev–Trinajstić information content (AvgIpc) is 2.83. The highest BCUT2D eigenvalue weighted by Gasteiger charge is 2.24. The number of nitrogens with two attached hydrogens (primary N) is 1. The topological polar surface area (TPSA) is 44.5 Å². The van der Waals surface area contributed by atoms with Gasteiger partial charge in [-0.05, 0) is 43.2 Å². The number of nitrogen functional groups attached to an aromatic ring is 1. The second-order valence-electron chi connectivity index (χ2n) is 5.48. The van der Waals surface area contributed by atoms with Crippen LogP contribution in [0.15, 0.2) is 30.3 Å². The van der Waals surface area contributed by atoms with Crippen LogP contribution in [-0.2, 0) is 6.42 Å². The summed E-state index contributed by atoms with van der Waals surface area (Å²) in [6.07, 6.45) is 0.566. The van der Waals surface area contributed by atoms with E-state index in [1.165, 1.54) is 12.1 Å². The molecule has 0 saturated carbocycles. The number of anilines is 1. The van der Waals surface area contributed by atoms with Crippen LogP contribution in [-0.4, -0.2) is 12.7 Å². The van der Waals surface area contributed by atoms with Gasteiger partial charge in [0, 0.05) is 23.7 Å². The molecule has 0 amide bonds. The Morgan fingerprint density at radius 1 is 1.24 bits per heavy atom. The first-order valence-electron chi connectivity index (χ1n) is 6.97. The van der Waals surface area contributed by atoms with Crippen molar-refractivity contribution in [2.45, 2.75) is 26.4 Å². The number of hydrogen-bond donors (Lipinski definition) is 1. The van der Waals surface area contributed by atoms with Crippen LogP contribution in [0.2, 0.25) is 0 Å². The van der Waals surface area contributed by atoms with Gasteiger partial charge in [0.25, 0.3) is 0 Å². The molecule has 3 rings (SSSR count). The van der Waals surface area contributed by atoms with Gasteiger partial charge < -0.3 is 15.2 Å². The molecule has 3 nitrogen and oxygen atoms in total. The maximum Gasteiger partial charge on any atom is 0.137 e. The third-order valence-corrected chi connectivity index (χ3v) is 3.75. The van der Waals surface area contributed by atoms with E-state index < -0.39 is 0 Å². The van der Waals surface area contributed by atoms with Crippen molar-refractivity contribution in [1.29, 1.82) is 0 Å². The van der Waals surface area contributed by atoms with Crippen LogP contribution in [0.5, 0.6) is 11.5 Å². The van der Waals surface area contributed by atoms with Gasteiger partial charge in [-0.1, -0.05) is 6.07 Å². The Morgan fingerprint density at radius 2 is 2.05 bits per heavy atom. The standard InChI is InChI=1S/C17H18FNO2/c1-10-5-11(2)17(8-15(10)19)20-9-14-7-12-6-13(18)3-4-16(12)21-14/h3-6,8,14H,7,9,19H2,1-2H3. The Morgan fingerprint density at radius 3 is 2.86 bits per heavy atom. The maximum atomic E-state index is 13.2. The number of ether oxygens (including phenoxy) is 2. The van der Waals surface area contributed by atoms with Gasteiger partial charge in [0.1, 0.15) is 30.0 Å². The molecule has 0 aromatic heterocycles. The van der Waals surface area contributed by atoms with E-state index in [1.54, 1.807) is 6.07 Å². The number of benzene rings is 2. The summed E-state index contributed by atoms with van der Waals surface area (Å²) in [6, 6.07) is 8.44. The number of aryl methyl sites for hydroxylation is 2. The third kappa shape index (κ3) is 2.79. The summed E-state index contributed by atoms with van der Waals surface area (Å²) in [7, 11) is 0. The lowest BCUT2D eigenvalue weighted by Crippen LogP contribution is -2.22. The minimum Gasteiger partial charge on any atom is -0.489 e.